The number of alkyl halides is 1. The number of halogens is 4. The molecular weight excluding hydrogens is 503 g/mol. The van der Waals surface area contributed by atoms with Crippen LogP contribution in [0.2, 0.25) is 5.02 Å². The zero-order chi connectivity index (χ0) is 25.9. The maximum atomic E-state index is 16.1. The molecule has 2 atom stereocenters. The molecule has 0 radical (unpaired) electrons. The maximum Gasteiger partial charge on any atom is 0.434 e. The summed E-state index contributed by atoms with van der Waals surface area (Å²) in [7, 11) is 1.67. The number of nitrogens with zero attached hydrogens (tertiary/aromatic N) is 5. The van der Waals surface area contributed by atoms with Crippen molar-refractivity contribution in [3.05, 3.63) is 53.2 Å². The third-order valence-electron chi connectivity index (χ3n) is 7.43. The van der Waals surface area contributed by atoms with Gasteiger partial charge in [0.15, 0.2) is 5.82 Å². The average Bonchev–Trinajstić information content (AvgIpc) is 3.40. The van der Waals surface area contributed by atoms with Crippen molar-refractivity contribution < 1.29 is 22.5 Å². The molecule has 0 unspecified atom stereocenters. The van der Waals surface area contributed by atoms with Crippen LogP contribution in [0.3, 0.4) is 0 Å². The summed E-state index contributed by atoms with van der Waals surface area (Å²) in [6, 6.07) is 7.96. The highest BCUT2D eigenvalue weighted by Crippen LogP contribution is 2.41. The SMILES string of the molecule is C=[N+](C)c1nc(OC[C@@]23CCCN2C[C@H](F)C3)nc2c(F)c(-c3cccc4ccc(F)c(Cl)c34)ncc12. The van der Waals surface area contributed by atoms with Gasteiger partial charge in [-0.15, -0.1) is 0 Å². The Labute approximate surface area is 216 Å². The third-order valence-corrected chi connectivity index (χ3v) is 7.80. The minimum absolute atomic E-state index is 0.0133. The molecule has 2 aliphatic rings. The van der Waals surface area contributed by atoms with E-state index in [-0.39, 0.29) is 28.9 Å². The molecule has 0 spiro atoms. The van der Waals surface area contributed by atoms with Crippen LogP contribution in [0, 0.1) is 11.6 Å². The summed E-state index contributed by atoms with van der Waals surface area (Å²) >= 11 is 6.28. The Morgan fingerprint density at radius 3 is 2.89 bits per heavy atom. The number of fused-ring (bicyclic) bond motifs is 3. The van der Waals surface area contributed by atoms with E-state index in [0.29, 0.717) is 40.5 Å². The Morgan fingerprint density at radius 1 is 1.24 bits per heavy atom. The fourth-order valence-corrected chi connectivity index (χ4v) is 5.99. The number of hydrogen-bond acceptors (Lipinski definition) is 5. The standard InChI is InChI=1S/C27H24ClF3N5O/c1-35(2)25-18-12-32-23(17-6-3-5-15-7-8-19(30)21(28)20(15)17)22(31)24(18)33-26(34-25)37-14-27-9-4-10-36(27)13-16(29)11-27/h3,5-8,12,16H,1,4,9-11,13-14H2,2H3/q+1/t16-,27+/m1/s1. The fraction of sp³-hybridized carbons (Fsp3) is 0.333. The second kappa shape index (κ2) is 8.92. The average molecular weight is 527 g/mol. The summed E-state index contributed by atoms with van der Waals surface area (Å²) in [4.78, 5) is 15.3. The van der Waals surface area contributed by atoms with Crippen molar-refractivity contribution in [1.82, 2.24) is 19.9 Å². The summed E-state index contributed by atoms with van der Waals surface area (Å²) < 4.78 is 52.1. The molecule has 2 aliphatic heterocycles. The van der Waals surface area contributed by atoms with Crippen LogP contribution in [0.25, 0.3) is 32.9 Å². The molecule has 37 heavy (non-hydrogen) atoms. The van der Waals surface area contributed by atoms with Crippen molar-refractivity contribution in [1.29, 1.82) is 0 Å². The second-order valence-electron chi connectivity index (χ2n) is 9.84. The van der Waals surface area contributed by atoms with E-state index < -0.39 is 23.3 Å². The molecule has 2 saturated heterocycles. The van der Waals surface area contributed by atoms with E-state index in [0.717, 1.165) is 19.4 Å². The smallest absolute Gasteiger partial charge is 0.434 e. The number of aromatic nitrogens is 3. The summed E-state index contributed by atoms with van der Waals surface area (Å²) in [5.41, 5.74) is -0.0995. The van der Waals surface area contributed by atoms with E-state index in [1.807, 2.05) is 0 Å². The zero-order valence-electron chi connectivity index (χ0n) is 20.1. The first-order valence-corrected chi connectivity index (χ1v) is 12.4. The molecule has 2 aromatic carbocycles. The van der Waals surface area contributed by atoms with E-state index in [4.69, 9.17) is 16.3 Å². The Bertz CT molecular complexity index is 1580. The Hall–Kier alpha value is -3.30. The predicted octanol–water partition coefficient (Wildman–Crippen LogP) is 5.71. The van der Waals surface area contributed by atoms with Gasteiger partial charge in [-0.05, 0) is 30.8 Å². The Kier molecular flexibility index (Phi) is 5.80. The van der Waals surface area contributed by atoms with Gasteiger partial charge in [-0.25, -0.2) is 17.7 Å². The first kappa shape index (κ1) is 24.1. The molecule has 4 aromatic rings. The van der Waals surface area contributed by atoms with Crippen molar-refractivity contribution in [3.63, 3.8) is 0 Å². The van der Waals surface area contributed by atoms with Gasteiger partial charge in [0.05, 0.1) is 24.3 Å². The van der Waals surface area contributed by atoms with Crippen LogP contribution in [0.5, 0.6) is 6.01 Å². The largest absolute Gasteiger partial charge is 0.443 e. The van der Waals surface area contributed by atoms with Crippen LogP contribution in [0.4, 0.5) is 19.0 Å². The van der Waals surface area contributed by atoms with Gasteiger partial charge in [0.25, 0.3) is 0 Å². The minimum atomic E-state index is -0.897. The summed E-state index contributed by atoms with van der Waals surface area (Å²) in [5.74, 6) is -0.994. The number of rotatable bonds is 5. The van der Waals surface area contributed by atoms with Gasteiger partial charge >= 0.3 is 11.8 Å². The van der Waals surface area contributed by atoms with E-state index in [9.17, 15) is 8.78 Å². The van der Waals surface area contributed by atoms with Gasteiger partial charge in [-0.2, -0.15) is 4.98 Å². The van der Waals surface area contributed by atoms with Crippen LogP contribution in [-0.4, -0.2) is 69.6 Å². The second-order valence-corrected chi connectivity index (χ2v) is 10.2. The Morgan fingerprint density at radius 2 is 2.08 bits per heavy atom. The number of hydrogen-bond donors (Lipinski definition) is 0. The van der Waals surface area contributed by atoms with Crippen molar-refractivity contribution in [2.75, 3.05) is 26.7 Å². The highest BCUT2D eigenvalue weighted by molar-refractivity contribution is 6.36. The topological polar surface area (TPSA) is 54.2 Å². The number of ether oxygens (including phenoxy) is 1. The lowest BCUT2D eigenvalue weighted by Crippen LogP contribution is -2.43. The molecule has 4 heterocycles. The van der Waals surface area contributed by atoms with Crippen molar-refractivity contribution >= 4 is 45.8 Å². The quantitative estimate of drug-likeness (QED) is 0.246. The van der Waals surface area contributed by atoms with E-state index >= 15 is 4.39 Å². The molecule has 0 aliphatic carbocycles. The predicted molar refractivity (Wildman–Crippen MR) is 137 cm³/mol. The van der Waals surface area contributed by atoms with Crippen LogP contribution in [-0.2, 0) is 0 Å². The summed E-state index contributed by atoms with van der Waals surface area (Å²) in [5, 5.41) is 1.24. The normalized spacial score (nSPS) is 21.6. The lowest BCUT2D eigenvalue weighted by molar-refractivity contribution is -0.397. The van der Waals surface area contributed by atoms with E-state index in [1.54, 1.807) is 31.3 Å². The molecule has 2 aromatic heterocycles. The Balaban J connectivity index is 1.46. The third kappa shape index (κ3) is 3.92. The van der Waals surface area contributed by atoms with Gasteiger partial charge in [-0.3, -0.25) is 9.88 Å². The van der Waals surface area contributed by atoms with Crippen molar-refractivity contribution in [2.45, 2.75) is 31.0 Å². The molecule has 2 fully saturated rings. The molecule has 0 N–H and O–H groups in total. The first-order valence-electron chi connectivity index (χ1n) is 12.1. The molecule has 10 heteroatoms. The van der Waals surface area contributed by atoms with Gasteiger partial charge in [0.2, 0.25) is 0 Å². The first-order chi connectivity index (χ1) is 17.8. The molecule has 190 valence electrons. The molecule has 0 bridgehead atoms. The van der Waals surface area contributed by atoms with Crippen LogP contribution in [0.15, 0.2) is 36.5 Å². The van der Waals surface area contributed by atoms with Crippen LogP contribution < -0.4 is 4.74 Å². The van der Waals surface area contributed by atoms with Crippen LogP contribution >= 0.6 is 11.6 Å². The van der Waals surface area contributed by atoms with Crippen LogP contribution in [0.1, 0.15) is 19.3 Å². The fourth-order valence-electron chi connectivity index (χ4n) is 5.72. The monoisotopic (exact) mass is 526 g/mol. The van der Waals surface area contributed by atoms with Gasteiger partial charge in [-0.1, -0.05) is 35.9 Å². The van der Waals surface area contributed by atoms with Gasteiger partial charge in [0, 0.05) is 35.1 Å². The lowest BCUT2D eigenvalue weighted by Gasteiger charge is -2.30. The maximum absolute atomic E-state index is 16.1. The highest BCUT2D eigenvalue weighted by Gasteiger charge is 2.49. The number of pyridine rings is 1. The molecule has 6 nitrogen and oxygen atoms in total. The molecule has 0 saturated carbocycles. The minimum Gasteiger partial charge on any atom is -0.443 e. The zero-order valence-corrected chi connectivity index (χ0v) is 20.9. The molecule has 0 amide bonds. The van der Waals surface area contributed by atoms with E-state index in [1.165, 1.54) is 16.8 Å². The molecular formula is C27H24ClF3N5O+. The molecule has 6 rings (SSSR count). The highest BCUT2D eigenvalue weighted by atomic mass is 35.5. The van der Waals surface area contributed by atoms with Gasteiger partial charge in [0.1, 0.15) is 35.2 Å². The lowest BCUT2D eigenvalue weighted by atomic mass is 9.95. The van der Waals surface area contributed by atoms with Crippen molar-refractivity contribution in [2.24, 2.45) is 0 Å². The number of benzene rings is 2. The van der Waals surface area contributed by atoms with Crippen molar-refractivity contribution in [3.8, 4) is 17.3 Å². The van der Waals surface area contributed by atoms with Gasteiger partial charge < -0.3 is 4.74 Å². The van der Waals surface area contributed by atoms with E-state index in [2.05, 4.69) is 26.6 Å². The summed E-state index contributed by atoms with van der Waals surface area (Å²) in [6.45, 7) is 5.32. The summed E-state index contributed by atoms with van der Waals surface area (Å²) in [6.07, 6.45) is 2.75.